The van der Waals surface area contributed by atoms with Gasteiger partial charge in [0.15, 0.2) is 0 Å². The molecule has 1 aliphatic rings. The molecule has 1 aliphatic carbocycles. The molecule has 2 atom stereocenters. The quantitative estimate of drug-likeness (QED) is 0.818. The fraction of sp³-hybridized carbons (Fsp3) is 0.571. The number of hydrogen-bond donors (Lipinski definition) is 1. The largest absolute Gasteiger partial charge is 0.242 e. The van der Waals surface area contributed by atoms with E-state index in [0.29, 0.717) is 18.3 Å². The van der Waals surface area contributed by atoms with E-state index in [1.54, 1.807) is 0 Å². The van der Waals surface area contributed by atoms with Gasteiger partial charge in [-0.15, -0.1) is 11.6 Å². The Morgan fingerprint density at radius 2 is 1.90 bits per heavy atom. The van der Waals surface area contributed by atoms with Crippen molar-refractivity contribution in [1.29, 1.82) is 0 Å². The van der Waals surface area contributed by atoms with Crippen molar-refractivity contribution in [3.63, 3.8) is 0 Å². The Morgan fingerprint density at radius 1 is 1.24 bits per heavy atom. The minimum absolute atomic E-state index is 0.0152. The normalized spacial score (nSPS) is 23.2. The highest BCUT2D eigenvalue weighted by molar-refractivity contribution is 7.89. The molecule has 1 aromatic rings. The Bertz CT molecular complexity index is 595. The van der Waals surface area contributed by atoms with Crippen LogP contribution in [0.15, 0.2) is 23.1 Å². The number of nitrogens with one attached hydrogen (secondary N) is 1. The summed E-state index contributed by atoms with van der Waals surface area (Å²) >= 11 is 11.8. The molecule has 7 heteroatoms. The Hall–Kier alpha value is -0.360. The number of rotatable bonds is 5. The maximum atomic E-state index is 13.2. The van der Waals surface area contributed by atoms with Crippen LogP contribution >= 0.6 is 23.2 Å². The van der Waals surface area contributed by atoms with E-state index in [1.807, 2.05) is 0 Å². The first-order valence-corrected chi connectivity index (χ1v) is 9.34. The highest BCUT2D eigenvalue weighted by atomic mass is 35.5. The first kappa shape index (κ1) is 17.0. The van der Waals surface area contributed by atoms with Gasteiger partial charge in [-0.1, -0.05) is 24.4 Å². The summed E-state index contributed by atoms with van der Waals surface area (Å²) in [6, 6.07) is 3.31. The number of sulfonamides is 1. The highest BCUT2D eigenvalue weighted by Gasteiger charge is 2.27. The van der Waals surface area contributed by atoms with Crippen LogP contribution in [0.1, 0.15) is 25.7 Å². The first-order valence-electron chi connectivity index (χ1n) is 6.94. The third-order valence-corrected chi connectivity index (χ3v) is 6.28. The van der Waals surface area contributed by atoms with Crippen LogP contribution in [0.3, 0.4) is 0 Å². The van der Waals surface area contributed by atoms with Crippen LogP contribution < -0.4 is 4.72 Å². The van der Waals surface area contributed by atoms with Gasteiger partial charge < -0.3 is 0 Å². The van der Waals surface area contributed by atoms with E-state index in [-0.39, 0.29) is 15.8 Å². The molecule has 21 heavy (non-hydrogen) atoms. The van der Waals surface area contributed by atoms with Crippen LogP contribution in [0.4, 0.5) is 4.39 Å². The maximum absolute atomic E-state index is 13.2. The lowest BCUT2D eigenvalue weighted by atomic mass is 9.80. The van der Waals surface area contributed by atoms with Crippen LogP contribution in [-0.4, -0.2) is 20.8 Å². The topological polar surface area (TPSA) is 46.2 Å². The van der Waals surface area contributed by atoms with Gasteiger partial charge in [0, 0.05) is 12.4 Å². The number of hydrogen-bond acceptors (Lipinski definition) is 2. The van der Waals surface area contributed by atoms with Gasteiger partial charge in [0.25, 0.3) is 0 Å². The average Bonchev–Trinajstić information content (AvgIpc) is 2.48. The maximum Gasteiger partial charge on any atom is 0.242 e. The summed E-state index contributed by atoms with van der Waals surface area (Å²) in [5.41, 5.74) is 0. The molecule has 1 aromatic carbocycles. The van der Waals surface area contributed by atoms with Crippen molar-refractivity contribution in [2.45, 2.75) is 30.6 Å². The summed E-state index contributed by atoms with van der Waals surface area (Å²) < 4.78 is 40.3. The molecule has 0 amide bonds. The molecule has 2 unspecified atom stereocenters. The van der Waals surface area contributed by atoms with Gasteiger partial charge in [-0.05, 0) is 42.9 Å². The summed E-state index contributed by atoms with van der Waals surface area (Å²) in [6.45, 7) is 0.312. The minimum atomic E-state index is -3.81. The van der Waals surface area contributed by atoms with E-state index >= 15 is 0 Å². The van der Waals surface area contributed by atoms with Gasteiger partial charge in [0.05, 0.1) is 5.02 Å². The molecule has 2 rings (SSSR count). The van der Waals surface area contributed by atoms with Gasteiger partial charge in [-0.25, -0.2) is 17.5 Å². The summed E-state index contributed by atoms with van der Waals surface area (Å²) in [4.78, 5) is -0.220. The van der Waals surface area contributed by atoms with E-state index in [4.69, 9.17) is 23.2 Å². The number of halogens is 3. The van der Waals surface area contributed by atoms with Crippen molar-refractivity contribution in [3.8, 4) is 0 Å². The van der Waals surface area contributed by atoms with Gasteiger partial charge in [0.2, 0.25) is 10.0 Å². The zero-order chi connectivity index (χ0) is 15.5. The van der Waals surface area contributed by atoms with E-state index in [9.17, 15) is 12.8 Å². The minimum Gasteiger partial charge on any atom is -0.211 e. The molecule has 3 nitrogen and oxygen atoms in total. The zero-order valence-corrected chi connectivity index (χ0v) is 13.8. The highest BCUT2D eigenvalue weighted by Crippen LogP contribution is 2.31. The second-order valence-corrected chi connectivity index (χ2v) is 7.84. The van der Waals surface area contributed by atoms with Gasteiger partial charge in [-0.3, -0.25) is 0 Å². The fourth-order valence-corrected chi connectivity index (χ4v) is 4.74. The molecular weight excluding hydrogens is 336 g/mol. The molecule has 1 N–H and O–H groups in total. The zero-order valence-electron chi connectivity index (χ0n) is 11.5. The van der Waals surface area contributed by atoms with Gasteiger partial charge >= 0.3 is 0 Å². The lowest BCUT2D eigenvalue weighted by Gasteiger charge is -2.30. The van der Waals surface area contributed by atoms with Crippen molar-refractivity contribution in [2.24, 2.45) is 11.8 Å². The number of alkyl halides is 1. The Labute approximate surface area is 134 Å². The third-order valence-electron chi connectivity index (χ3n) is 3.98. The second-order valence-electron chi connectivity index (χ2n) is 5.39. The van der Waals surface area contributed by atoms with Crippen molar-refractivity contribution in [1.82, 2.24) is 4.72 Å². The SMILES string of the molecule is O=S(=O)(NCC1CCCCC1CCl)c1cc(F)ccc1Cl. The van der Waals surface area contributed by atoms with E-state index < -0.39 is 15.8 Å². The van der Waals surface area contributed by atoms with Gasteiger partial charge in [-0.2, -0.15) is 0 Å². The van der Waals surface area contributed by atoms with Crippen molar-refractivity contribution < 1.29 is 12.8 Å². The number of benzene rings is 1. The molecule has 0 aromatic heterocycles. The summed E-state index contributed by atoms with van der Waals surface area (Å²) in [5, 5.41) is 0.0152. The Morgan fingerprint density at radius 3 is 2.57 bits per heavy atom. The van der Waals surface area contributed by atoms with E-state index in [0.717, 1.165) is 37.8 Å². The van der Waals surface area contributed by atoms with E-state index in [1.165, 1.54) is 6.07 Å². The predicted octanol–water partition coefficient (Wildman–Crippen LogP) is 3.80. The Balaban J connectivity index is 2.09. The Kier molecular flexibility index (Phi) is 5.88. The van der Waals surface area contributed by atoms with Gasteiger partial charge in [0.1, 0.15) is 10.7 Å². The van der Waals surface area contributed by atoms with Crippen LogP contribution in [0, 0.1) is 17.7 Å². The lowest BCUT2D eigenvalue weighted by Crippen LogP contribution is -2.35. The van der Waals surface area contributed by atoms with Crippen molar-refractivity contribution >= 4 is 33.2 Å². The van der Waals surface area contributed by atoms with Crippen molar-refractivity contribution in [3.05, 3.63) is 29.0 Å². The van der Waals surface area contributed by atoms with Crippen LogP contribution in [0.5, 0.6) is 0 Å². The second kappa shape index (κ2) is 7.27. The average molecular weight is 354 g/mol. The van der Waals surface area contributed by atoms with Crippen molar-refractivity contribution in [2.75, 3.05) is 12.4 Å². The summed E-state index contributed by atoms with van der Waals surface area (Å²) in [7, 11) is -3.81. The predicted molar refractivity (Wildman–Crippen MR) is 82.8 cm³/mol. The molecule has 118 valence electrons. The van der Waals surface area contributed by atoms with Crippen LogP contribution in [0.2, 0.25) is 5.02 Å². The molecule has 1 fully saturated rings. The lowest BCUT2D eigenvalue weighted by molar-refractivity contribution is 0.260. The molecule has 0 saturated heterocycles. The summed E-state index contributed by atoms with van der Waals surface area (Å²) in [6.07, 6.45) is 4.20. The molecule has 1 saturated carbocycles. The molecular formula is C14H18Cl2FNO2S. The first-order chi connectivity index (χ1) is 9.94. The standard InChI is InChI=1S/C14H18Cl2FNO2S/c15-8-10-3-1-2-4-11(10)9-18-21(19,20)14-7-12(17)5-6-13(14)16/h5-7,10-11,18H,1-4,8-9H2. The van der Waals surface area contributed by atoms with E-state index in [2.05, 4.69) is 4.72 Å². The molecule has 0 heterocycles. The smallest absolute Gasteiger partial charge is 0.211 e. The molecule has 0 radical (unpaired) electrons. The fourth-order valence-electron chi connectivity index (χ4n) is 2.73. The molecule has 0 spiro atoms. The molecule has 0 bridgehead atoms. The van der Waals surface area contributed by atoms with Crippen LogP contribution in [0.25, 0.3) is 0 Å². The summed E-state index contributed by atoms with van der Waals surface area (Å²) in [5.74, 6) is 0.452. The molecule has 0 aliphatic heterocycles. The monoisotopic (exact) mass is 353 g/mol. The third kappa shape index (κ3) is 4.31. The van der Waals surface area contributed by atoms with Crippen LogP contribution in [-0.2, 0) is 10.0 Å².